The molecule has 27 heavy (non-hydrogen) atoms. The molecule has 2 amide bonds. The minimum atomic E-state index is -0.195. The smallest absolute Gasteiger partial charge is 0.319 e. The second-order valence-electron chi connectivity index (χ2n) is 6.81. The highest BCUT2D eigenvalue weighted by molar-refractivity contribution is 5.93. The molecule has 5 heteroatoms. The van der Waals surface area contributed by atoms with Crippen LogP contribution in [0.3, 0.4) is 0 Å². The van der Waals surface area contributed by atoms with Crippen molar-refractivity contribution in [1.29, 1.82) is 0 Å². The summed E-state index contributed by atoms with van der Waals surface area (Å²) in [5.41, 5.74) is 2.98. The number of carbonyl (C=O) groups is 1. The Balaban J connectivity index is 1.60. The molecule has 0 radical (unpaired) electrons. The molecule has 1 aliphatic heterocycles. The van der Waals surface area contributed by atoms with E-state index >= 15 is 0 Å². The third-order valence-corrected chi connectivity index (χ3v) is 4.76. The Bertz CT molecular complexity index is 740. The molecular weight excluding hydrogens is 338 g/mol. The second-order valence-corrected chi connectivity index (χ2v) is 6.81. The van der Waals surface area contributed by atoms with Gasteiger partial charge < -0.3 is 20.3 Å². The van der Waals surface area contributed by atoms with Crippen molar-refractivity contribution in [3.63, 3.8) is 0 Å². The predicted octanol–water partition coefficient (Wildman–Crippen LogP) is 4.79. The van der Waals surface area contributed by atoms with E-state index in [9.17, 15) is 4.79 Å². The van der Waals surface area contributed by atoms with Gasteiger partial charge in [0.25, 0.3) is 0 Å². The molecule has 0 saturated carbocycles. The van der Waals surface area contributed by atoms with Gasteiger partial charge in [0.1, 0.15) is 5.75 Å². The van der Waals surface area contributed by atoms with Crippen LogP contribution in [0.2, 0.25) is 0 Å². The van der Waals surface area contributed by atoms with Crippen LogP contribution in [0, 0.1) is 0 Å². The van der Waals surface area contributed by atoms with Gasteiger partial charge in [0.2, 0.25) is 0 Å². The summed E-state index contributed by atoms with van der Waals surface area (Å²) in [6.45, 7) is 5.14. The molecule has 5 nitrogen and oxygen atoms in total. The van der Waals surface area contributed by atoms with Crippen LogP contribution in [0.25, 0.3) is 0 Å². The van der Waals surface area contributed by atoms with Gasteiger partial charge in [-0.2, -0.15) is 0 Å². The van der Waals surface area contributed by atoms with Gasteiger partial charge in [0.05, 0.1) is 18.0 Å². The molecule has 0 bridgehead atoms. The molecule has 1 aliphatic rings. The van der Waals surface area contributed by atoms with Crippen LogP contribution in [0.15, 0.2) is 48.5 Å². The lowest BCUT2D eigenvalue weighted by Gasteiger charge is -2.25. The minimum absolute atomic E-state index is 0.195. The zero-order valence-electron chi connectivity index (χ0n) is 16.0. The number of rotatable bonds is 6. The number of ether oxygens (including phenoxy) is 1. The maximum atomic E-state index is 12.4. The molecule has 2 aromatic carbocycles. The van der Waals surface area contributed by atoms with Crippen molar-refractivity contribution in [2.45, 2.75) is 39.2 Å². The first kappa shape index (κ1) is 19.1. The van der Waals surface area contributed by atoms with Crippen LogP contribution in [0.4, 0.5) is 16.2 Å². The summed E-state index contributed by atoms with van der Waals surface area (Å²) in [4.78, 5) is 14.8. The van der Waals surface area contributed by atoms with Gasteiger partial charge in [-0.05, 0) is 49.6 Å². The molecule has 1 fully saturated rings. The topological polar surface area (TPSA) is 53.6 Å². The van der Waals surface area contributed by atoms with Gasteiger partial charge in [-0.1, -0.05) is 37.1 Å². The summed E-state index contributed by atoms with van der Waals surface area (Å²) in [7, 11) is 0. The highest BCUT2D eigenvalue weighted by Crippen LogP contribution is 2.27. The van der Waals surface area contributed by atoms with Crippen LogP contribution in [0.5, 0.6) is 5.75 Å². The third kappa shape index (κ3) is 5.64. The molecule has 144 valence electrons. The molecule has 0 unspecified atom stereocenters. The maximum Gasteiger partial charge on any atom is 0.319 e. The Morgan fingerprint density at radius 2 is 1.81 bits per heavy atom. The molecule has 3 rings (SSSR count). The zero-order valence-corrected chi connectivity index (χ0v) is 16.0. The largest absolute Gasteiger partial charge is 0.494 e. The molecule has 0 atom stereocenters. The summed E-state index contributed by atoms with van der Waals surface area (Å²) in [5, 5.41) is 5.95. The first-order chi connectivity index (χ1) is 13.3. The van der Waals surface area contributed by atoms with Gasteiger partial charge in [-0.3, -0.25) is 0 Å². The van der Waals surface area contributed by atoms with E-state index in [1.807, 2.05) is 49.4 Å². The van der Waals surface area contributed by atoms with E-state index < -0.39 is 0 Å². The van der Waals surface area contributed by atoms with Gasteiger partial charge in [0, 0.05) is 19.6 Å². The second kappa shape index (κ2) is 9.86. The number of nitrogens with zero attached hydrogens (tertiary/aromatic N) is 1. The Labute approximate surface area is 161 Å². The molecule has 0 aliphatic carbocycles. The van der Waals surface area contributed by atoms with Crippen molar-refractivity contribution in [3.05, 3.63) is 54.1 Å². The third-order valence-electron chi connectivity index (χ3n) is 4.76. The standard InChI is InChI=1S/C22H29N3O2/c1-2-27-19-11-9-10-18(16-19)17-23-22(26)24-20-12-5-6-13-21(20)25-14-7-3-4-8-15-25/h5-6,9-13,16H,2-4,7-8,14-15,17H2,1H3,(H2,23,24,26). The van der Waals surface area contributed by atoms with Crippen molar-refractivity contribution in [1.82, 2.24) is 5.32 Å². The van der Waals surface area contributed by atoms with E-state index in [1.54, 1.807) is 0 Å². The van der Waals surface area contributed by atoms with E-state index in [0.29, 0.717) is 13.2 Å². The molecule has 0 spiro atoms. The highest BCUT2D eigenvalue weighted by Gasteiger charge is 2.14. The van der Waals surface area contributed by atoms with Crippen LogP contribution < -0.4 is 20.3 Å². The van der Waals surface area contributed by atoms with E-state index in [1.165, 1.54) is 25.7 Å². The lowest BCUT2D eigenvalue weighted by Crippen LogP contribution is -2.30. The predicted molar refractivity (Wildman–Crippen MR) is 111 cm³/mol. The number of carbonyl (C=O) groups excluding carboxylic acids is 1. The SMILES string of the molecule is CCOc1cccc(CNC(=O)Nc2ccccc2N2CCCCCC2)c1. The fourth-order valence-electron chi connectivity index (χ4n) is 3.43. The van der Waals surface area contributed by atoms with E-state index in [4.69, 9.17) is 4.74 Å². The first-order valence-electron chi connectivity index (χ1n) is 9.87. The summed E-state index contributed by atoms with van der Waals surface area (Å²) < 4.78 is 5.51. The Morgan fingerprint density at radius 1 is 1.04 bits per heavy atom. The summed E-state index contributed by atoms with van der Waals surface area (Å²) in [5.74, 6) is 0.823. The van der Waals surface area contributed by atoms with Crippen LogP contribution in [-0.2, 0) is 6.54 Å². The minimum Gasteiger partial charge on any atom is -0.494 e. The van der Waals surface area contributed by atoms with Gasteiger partial charge in [-0.15, -0.1) is 0 Å². The van der Waals surface area contributed by atoms with Gasteiger partial charge in [-0.25, -0.2) is 4.79 Å². The molecule has 2 N–H and O–H groups in total. The fourth-order valence-corrected chi connectivity index (χ4v) is 3.43. The van der Waals surface area contributed by atoms with Crippen LogP contribution in [-0.4, -0.2) is 25.7 Å². The molecule has 1 saturated heterocycles. The summed E-state index contributed by atoms with van der Waals surface area (Å²) >= 11 is 0. The van der Waals surface area contributed by atoms with Crippen molar-refractivity contribution in [3.8, 4) is 5.75 Å². The number of para-hydroxylation sites is 2. The Kier molecular flexibility index (Phi) is 6.97. The lowest BCUT2D eigenvalue weighted by molar-refractivity contribution is 0.251. The van der Waals surface area contributed by atoms with Crippen LogP contribution >= 0.6 is 0 Å². The number of hydrogen-bond donors (Lipinski definition) is 2. The average Bonchev–Trinajstić information content (AvgIpc) is 2.97. The first-order valence-corrected chi connectivity index (χ1v) is 9.87. The van der Waals surface area contributed by atoms with Crippen molar-refractivity contribution in [2.24, 2.45) is 0 Å². The zero-order chi connectivity index (χ0) is 18.9. The Morgan fingerprint density at radius 3 is 2.59 bits per heavy atom. The Hall–Kier alpha value is -2.69. The monoisotopic (exact) mass is 367 g/mol. The van der Waals surface area contributed by atoms with Crippen molar-refractivity contribution in [2.75, 3.05) is 29.9 Å². The van der Waals surface area contributed by atoms with Gasteiger partial charge in [0.15, 0.2) is 0 Å². The summed E-state index contributed by atoms with van der Waals surface area (Å²) in [6, 6.07) is 15.6. The molecular formula is C22H29N3O2. The van der Waals surface area contributed by atoms with E-state index in [0.717, 1.165) is 35.8 Å². The van der Waals surface area contributed by atoms with E-state index in [2.05, 4.69) is 21.6 Å². The molecule has 0 aromatic heterocycles. The van der Waals surface area contributed by atoms with E-state index in [-0.39, 0.29) is 6.03 Å². The average molecular weight is 367 g/mol. The van der Waals surface area contributed by atoms with Crippen molar-refractivity contribution < 1.29 is 9.53 Å². The number of nitrogens with one attached hydrogen (secondary N) is 2. The van der Waals surface area contributed by atoms with Crippen LogP contribution in [0.1, 0.15) is 38.2 Å². The summed E-state index contributed by atoms with van der Waals surface area (Å²) in [6.07, 6.45) is 4.98. The number of anilines is 2. The molecule has 1 heterocycles. The maximum absolute atomic E-state index is 12.4. The number of amides is 2. The quantitative estimate of drug-likeness (QED) is 0.772. The normalized spacial score (nSPS) is 14.3. The molecule has 2 aromatic rings. The van der Waals surface area contributed by atoms with Gasteiger partial charge >= 0.3 is 6.03 Å². The number of hydrogen-bond acceptors (Lipinski definition) is 3. The number of benzene rings is 2. The van der Waals surface area contributed by atoms with Crippen molar-refractivity contribution >= 4 is 17.4 Å². The lowest BCUT2D eigenvalue weighted by atomic mass is 10.2. The highest BCUT2D eigenvalue weighted by atomic mass is 16.5. The number of urea groups is 1. The fraction of sp³-hybridized carbons (Fsp3) is 0.409.